The predicted octanol–water partition coefficient (Wildman–Crippen LogP) is 4.94. The molecule has 3 heterocycles. The molecule has 1 N–H and O–H groups in total. The normalized spacial score (nSPS) is 17.7. The van der Waals surface area contributed by atoms with Crippen molar-refractivity contribution in [1.29, 1.82) is 0 Å². The number of nitrogens with one attached hydrogen (secondary N) is 1. The summed E-state index contributed by atoms with van der Waals surface area (Å²) in [7, 11) is 0. The molecule has 0 radical (unpaired) electrons. The molecule has 0 amide bonds. The average Bonchev–Trinajstić information content (AvgIpc) is 2.97. The molecule has 0 fully saturated rings. The van der Waals surface area contributed by atoms with Crippen LogP contribution in [0.1, 0.15) is 29.3 Å². The third-order valence-corrected chi connectivity index (χ3v) is 5.36. The number of anilines is 1. The second-order valence-corrected chi connectivity index (χ2v) is 7.18. The molecule has 0 saturated heterocycles. The second-order valence-electron chi connectivity index (χ2n) is 5.27. The number of nitrogens with zero attached hydrogens (tertiary/aromatic N) is 2. The van der Waals surface area contributed by atoms with Crippen LogP contribution in [0.15, 0.2) is 40.4 Å². The predicted molar refractivity (Wildman–Crippen MR) is 90.9 cm³/mol. The summed E-state index contributed by atoms with van der Waals surface area (Å²) in [5.41, 5.74) is 4.36. The third-order valence-electron chi connectivity index (χ3n) is 3.93. The minimum Gasteiger partial charge on any atom is -0.376 e. The van der Waals surface area contributed by atoms with Gasteiger partial charge in [0.1, 0.15) is 5.52 Å². The number of thiophene rings is 1. The molecule has 21 heavy (non-hydrogen) atoms. The Morgan fingerprint density at radius 3 is 3.19 bits per heavy atom. The first-order valence-electron chi connectivity index (χ1n) is 7.04. The van der Waals surface area contributed by atoms with E-state index in [1.165, 1.54) is 29.7 Å². The maximum atomic E-state index is 4.52. The molecule has 0 spiro atoms. The van der Waals surface area contributed by atoms with Gasteiger partial charge >= 0.3 is 0 Å². The van der Waals surface area contributed by atoms with Crippen LogP contribution in [0.3, 0.4) is 0 Å². The molecule has 3 nitrogen and oxygen atoms in total. The summed E-state index contributed by atoms with van der Waals surface area (Å²) in [5, 5.41) is 5.87. The highest BCUT2D eigenvalue weighted by Gasteiger charge is 2.21. The summed E-state index contributed by atoms with van der Waals surface area (Å²) in [6, 6.07) is 6.66. The lowest BCUT2D eigenvalue weighted by Gasteiger charge is -2.25. The van der Waals surface area contributed by atoms with Gasteiger partial charge in [0.15, 0.2) is 0 Å². The molecule has 4 rings (SSSR count). The maximum absolute atomic E-state index is 4.52. The van der Waals surface area contributed by atoms with Crippen LogP contribution in [0.4, 0.5) is 5.69 Å². The van der Waals surface area contributed by atoms with Gasteiger partial charge in [0.05, 0.1) is 17.2 Å². The van der Waals surface area contributed by atoms with Crippen LogP contribution in [0.2, 0.25) is 0 Å². The van der Waals surface area contributed by atoms with E-state index in [4.69, 9.17) is 0 Å². The number of aromatic nitrogens is 2. The molecule has 3 aromatic heterocycles. The van der Waals surface area contributed by atoms with Crippen LogP contribution in [0.5, 0.6) is 0 Å². The molecule has 1 aliphatic rings. The summed E-state index contributed by atoms with van der Waals surface area (Å²) < 4.78 is 0.956. The molecule has 106 valence electrons. The van der Waals surface area contributed by atoms with Crippen molar-refractivity contribution in [3.8, 4) is 0 Å². The van der Waals surface area contributed by atoms with Crippen LogP contribution in [-0.2, 0) is 6.42 Å². The van der Waals surface area contributed by atoms with Crippen molar-refractivity contribution in [3.63, 3.8) is 0 Å². The summed E-state index contributed by atoms with van der Waals surface area (Å²) in [4.78, 5) is 10.4. The van der Waals surface area contributed by atoms with E-state index < -0.39 is 0 Å². The van der Waals surface area contributed by atoms with Gasteiger partial charge < -0.3 is 5.32 Å². The minimum absolute atomic E-state index is 0.385. The molecular formula is C16H14BrN3S. The average molecular weight is 360 g/mol. The summed E-state index contributed by atoms with van der Waals surface area (Å²) >= 11 is 5.32. The van der Waals surface area contributed by atoms with Crippen molar-refractivity contribution >= 4 is 44.0 Å². The lowest BCUT2D eigenvalue weighted by Crippen LogP contribution is -2.16. The highest BCUT2D eigenvalue weighted by molar-refractivity contribution is 9.10. The SMILES string of the molecule is Brc1cnc2c(NC3CCCc4sccc43)ccnc2c1. The molecule has 1 aliphatic carbocycles. The Morgan fingerprint density at radius 2 is 2.24 bits per heavy atom. The molecular weight excluding hydrogens is 346 g/mol. The second kappa shape index (κ2) is 5.39. The zero-order valence-electron chi connectivity index (χ0n) is 11.3. The standard InChI is InChI=1S/C16H14BrN3S/c17-10-8-14-16(19-9-10)13(4-6-18-14)20-12-2-1-3-15-11(12)5-7-21-15/h4-9,12H,1-3H2,(H,18,20). The number of hydrogen-bond donors (Lipinski definition) is 1. The molecule has 0 bridgehead atoms. The van der Waals surface area contributed by atoms with Crippen molar-refractivity contribution < 1.29 is 0 Å². The van der Waals surface area contributed by atoms with Crippen LogP contribution in [-0.4, -0.2) is 9.97 Å². The van der Waals surface area contributed by atoms with Crippen LogP contribution in [0, 0.1) is 0 Å². The molecule has 0 aromatic carbocycles. The van der Waals surface area contributed by atoms with Gasteiger partial charge in [-0.3, -0.25) is 9.97 Å². The Kier molecular flexibility index (Phi) is 3.39. The van der Waals surface area contributed by atoms with Gasteiger partial charge in [0, 0.05) is 21.7 Å². The Labute approximate surface area is 135 Å². The Bertz CT molecular complexity index is 799. The largest absolute Gasteiger partial charge is 0.376 e. The zero-order valence-corrected chi connectivity index (χ0v) is 13.7. The van der Waals surface area contributed by atoms with Crippen LogP contribution in [0.25, 0.3) is 11.0 Å². The molecule has 1 atom stereocenters. The minimum atomic E-state index is 0.385. The van der Waals surface area contributed by atoms with E-state index in [-0.39, 0.29) is 0 Å². The Balaban J connectivity index is 1.73. The van der Waals surface area contributed by atoms with E-state index in [9.17, 15) is 0 Å². The first-order chi connectivity index (χ1) is 10.3. The third kappa shape index (κ3) is 2.45. The van der Waals surface area contributed by atoms with Crippen LogP contribution < -0.4 is 5.32 Å². The lowest BCUT2D eigenvalue weighted by atomic mass is 9.94. The molecule has 3 aromatic rings. The Morgan fingerprint density at radius 1 is 1.29 bits per heavy atom. The van der Waals surface area contributed by atoms with E-state index in [0.29, 0.717) is 6.04 Å². The van der Waals surface area contributed by atoms with E-state index >= 15 is 0 Å². The van der Waals surface area contributed by atoms with Gasteiger partial charge in [-0.25, -0.2) is 0 Å². The van der Waals surface area contributed by atoms with Crippen LogP contribution >= 0.6 is 27.3 Å². The fourth-order valence-corrected chi connectivity index (χ4v) is 4.25. The number of pyridine rings is 2. The zero-order chi connectivity index (χ0) is 14.2. The number of halogens is 1. The maximum Gasteiger partial charge on any atom is 0.112 e. The number of fused-ring (bicyclic) bond motifs is 2. The van der Waals surface area contributed by atoms with Gasteiger partial charge in [0.25, 0.3) is 0 Å². The molecule has 0 aliphatic heterocycles. The highest BCUT2D eigenvalue weighted by atomic mass is 79.9. The quantitative estimate of drug-likeness (QED) is 0.703. The lowest BCUT2D eigenvalue weighted by molar-refractivity contribution is 0.609. The van der Waals surface area contributed by atoms with E-state index in [1.54, 1.807) is 0 Å². The fourth-order valence-electron chi connectivity index (χ4n) is 2.95. The first-order valence-corrected chi connectivity index (χ1v) is 8.71. The summed E-state index contributed by atoms with van der Waals surface area (Å²) in [5.74, 6) is 0. The van der Waals surface area contributed by atoms with Crippen molar-refractivity contribution in [2.75, 3.05) is 5.32 Å². The smallest absolute Gasteiger partial charge is 0.112 e. The topological polar surface area (TPSA) is 37.8 Å². The number of hydrogen-bond acceptors (Lipinski definition) is 4. The van der Waals surface area contributed by atoms with Gasteiger partial charge in [-0.15, -0.1) is 11.3 Å². The monoisotopic (exact) mass is 359 g/mol. The Hall–Kier alpha value is -1.46. The van der Waals surface area contributed by atoms with Gasteiger partial charge in [-0.05, 0) is 64.3 Å². The van der Waals surface area contributed by atoms with Crippen molar-refractivity contribution in [1.82, 2.24) is 9.97 Å². The van der Waals surface area contributed by atoms with Crippen molar-refractivity contribution in [2.45, 2.75) is 25.3 Å². The van der Waals surface area contributed by atoms with Crippen molar-refractivity contribution in [2.24, 2.45) is 0 Å². The molecule has 5 heteroatoms. The van der Waals surface area contributed by atoms with Gasteiger partial charge in [-0.2, -0.15) is 0 Å². The molecule has 1 unspecified atom stereocenters. The molecule has 0 saturated carbocycles. The summed E-state index contributed by atoms with van der Waals surface area (Å²) in [6.07, 6.45) is 7.30. The number of aryl methyl sites for hydroxylation is 1. The van der Waals surface area contributed by atoms with Gasteiger partial charge in [0.2, 0.25) is 0 Å². The van der Waals surface area contributed by atoms with E-state index in [1.807, 2.05) is 35.9 Å². The fraction of sp³-hybridized carbons (Fsp3) is 0.250. The van der Waals surface area contributed by atoms with E-state index in [2.05, 4.69) is 42.7 Å². The highest BCUT2D eigenvalue weighted by Crippen LogP contribution is 2.36. The van der Waals surface area contributed by atoms with Gasteiger partial charge in [-0.1, -0.05) is 0 Å². The first kappa shape index (κ1) is 13.2. The summed E-state index contributed by atoms with van der Waals surface area (Å²) in [6.45, 7) is 0. The van der Waals surface area contributed by atoms with E-state index in [0.717, 1.165) is 21.2 Å². The number of rotatable bonds is 2. The van der Waals surface area contributed by atoms with Crippen molar-refractivity contribution in [3.05, 3.63) is 50.9 Å².